The molecule has 0 aliphatic carbocycles. The summed E-state index contributed by atoms with van der Waals surface area (Å²) in [5.74, 6) is 0.539. The summed E-state index contributed by atoms with van der Waals surface area (Å²) in [7, 11) is 0. The van der Waals surface area contributed by atoms with Gasteiger partial charge >= 0.3 is 0 Å². The second kappa shape index (κ2) is 7.22. The van der Waals surface area contributed by atoms with Gasteiger partial charge in [0, 0.05) is 6.54 Å². The van der Waals surface area contributed by atoms with Crippen molar-refractivity contribution in [2.45, 2.75) is 6.10 Å². The molecule has 0 radical (unpaired) electrons. The number of halogens is 1. The maximum atomic E-state index is 10.3. The van der Waals surface area contributed by atoms with Gasteiger partial charge in [-0.05, 0) is 16.7 Å². The molecule has 1 heterocycles. The maximum Gasteiger partial charge on any atom is 0.149 e. The predicted molar refractivity (Wildman–Crippen MR) is 92.4 cm³/mol. The Bertz CT molecular complexity index is 763. The average molecular weight is 326 g/mol. The molecule has 0 spiro atoms. The van der Waals surface area contributed by atoms with Crippen LogP contribution in [0, 0.1) is 0 Å². The van der Waals surface area contributed by atoms with Gasteiger partial charge in [-0.15, -0.1) is 0 Å². The topological polar surface area (TPSA) is 58.0 Å². The standard InChI is InChI=1S/C18H16ClN3O/c19-17-11-20-12-18(22-17)21-10-16(23)15-8-6-14(7-9-15)13-4-2-1-3-5-13/h1-9,11-12,16,23H,10H2,(H,21,22). The molecule has 1 aromatic heterocycles. The highest BCUT2D eigenvalue weighted by atomic mass is 35.5. The normalized spacial score (nSPS) is 11.9. The van der Waals surface area contributed by atoms with Gasteiger partial charge in [0.1, 0.15) is 11.0 Å². The fraction of sp³-hybridized carbons (Fsp3) is 0.111. The SMILES string of the molecule is OC(CNc1cncc(Cl)n1)c1ccc(-c2ccccc2)cc1. The minimum atomic E-state index is -0.638. The zero-order valence-electron chi connectivity index (χ0n) is 12.4. The Morgan fingerprint density at radius 3 is 2.35 bits per heavy atom. The van der Waals surface area contributed by atoms with Gasteiger partial charge in [-0.3, -0.25) is 4.98 Å². The van der Waals surface area contributed by atoms with Crippen molar-refractivity contribution in [3.8, 4) is 11.1 Å². The first-order chi connectivity index (χ1) is 11.2. The van der Waals surface area contributed by atoms with Gasteiger partial charge in [0.2, 0.25) is 0 Å². The third-order valence-electron chi connectivity index (χ3n) is 3.48. The van der Waals surface area contributed by atoms with Crippen molar-refractivity contribution >= 4 is 17.4 Å². The number of benzene rings is 2. The summed E-state index contributed by atoms with van der Waals surface area (Å²) in [6.45, 7) is 0.333. The first-order valence-electron chi connectivity index (χ1n) is 7.27. The zero-order chi connectivity index (χ0) is 16.1. The van der Waals surface area contributed by atoms with Crippen molar-refractivity contribution in [2.24, 2.45) is 0 Å². The number of hydrogen-bond donors (Lipinski definition) is 2. The largest absolute Gasteiger partial charge is 0.387 e. The number of aliphatic hydroxyl groups is 1. The summed E-state index contributed by atoms with van der Waals surface area (Å²) in [6, 6.07) is 18.0. The second-order valence-electron chi connectivity index (χ2n) is 5.11. The monoisotopic (exact) mass is 325 g/mol. The molecule has 2 N–H and O–H groups in total. The summed E-state index contributed by atoms with van der Waals surface area (Å²) in [5.41, 5.74) is 3.11. The van der Waals surface area contributed by atoms with Crippen molar-refractivity contribution in [1.82, 2.24) is 9.97 Å². The fourth-order valence-electron chi connectivity index (χ4n) is 2.27. The lowest BCUT2D eigenvalue weighted by Gasteiger charge is -2.13. The van der Waals surface area contributed by atoms with Gasteiger partial charge in [-0.1, -0.05) is 66.2 Å². The summed E-state index contributed by atoms with van der Waals surface area (Å²) in [6.07, 6.45) is 2.39. The summed E-state index contributed by atoms with van der Waals surface area (Å²) in [5, 5.41) is 13.6. The lowest BCUT2D eigenvalue weighted by atomic mass is 10.0. The Morgan fingerprint density at radius 2 is 1.65 bits per heavy atom. The molecule has 1 atom stereocenters. The average Bonchev–Trinajstić information content (AvgIpc) is 2.61. The Labute approximate surface area is 139 Å². The summed E-state index contributed by atoms with van der Waals surface area (Å²) >= 11 is 5.78. The molecular weight excluding hydrogens is 310 g/mol. The molecule has 4 nitrogen and oxygen atoms in total. The number of hydrogen-bond acceptors (Lipinski definition) is 4. The number of anilines is 1. The molecule has 0 saturated carbocycles. The second-order valence-corrected chi connectivity index (χ2v) is 5.50. The molecule has 0 amide bonds. The third kappa shape index (κ3) is 4.06. The lowest BCUT2D eigenvalue weighted by Crippen LogP contribution is -2.13. The molecule has 0 aliphatic rings. The fourth-order valence-corrected chi connectivity index (χ4v) is 2.42. The van der Waals surface area contributed by atoms with E-state index in [2.05, 4.69) is 27.4 Å². The number of aromatic nitrogens is 2. The van der Waals surface area contributed by atoms with Crippen LogP contribution >= 0.6 is 11.6 Å². The summed E-state index contributed by atoms with van der Waals surface area (Å²) < 4.78 is 0. The molecule has 2 aromatic carbocycles. The Kier molecular flexibility index (Phi) is 4.86. The minimum absolute atomic E-state index is 0.316. The van der Waals surface area contributed by atoms with Gasteiger partial charge in [-0.2, -0.15) is 0 Å². The van der Waals surface area contributed by atoms with Gasteiger partial charge in [0.25, 0.3) is 0 Å². The molecule has 0 fully saturated rings. The minimum Gasteiger partial charge on any atom is -0.387 e. The van der Waals surface area contributed by atoms with Crippen molar-refractivity contribution in [3.05, 3.63) is 77.7 Å². The highest BCUT2D eigenvalue weighted by molar-refractivity contribution is 6.29. The maximum absolute atomic E-state index is 10.3. The van der Waals surface area contributed by atoms with Crippen molar-refractivity contribution in [2.75, 3.05) is 11.9 Å². The van der Waals surface area contributed by atoms with E-state index in [1.165, 1.54) is 6.20 Å². The predicted octanol–water partition coefficient (Wildman–Crippen LogP) is 3.94. The van der Waals surface area contributed by atoms with E-state index < -0.39 is 6.10 Å². The van der Waals surface area contributed by atoms with Crippen LogP contribution in [0.2, 0.25) is 5.15 Å². The van der Waals surface area contributed by atoms with E-state index in [4.69, 9.17) is 11.6 Å². The van der Waals surface area contributed by atoms with Gasteiger partial charge in [0.05, 0.1) is 18.5 Å². The first-order valence-corrected chi connectivity index (χ1v) is 7.65. The highest BCUT2D eigenvalue weighted by Gasteiger charge is 2.08. The Balaban J connectivity index is 1.65. The molecule has 5 heteroatoms. The molecule has 3 rings (SSSR count). The molecule has 116 valence electrons. The molecule has 23 heavy (non-hydrogen) atoms. The van der Waals surface area contributed by atoms with E-state index in [9.17, 15) is 5.11 Å². The Morgan fingerprint density at radius 1 is 0.957 bits per heavy atom. The van der Waals surface area contributed by atoms with Crippen LogP contribution in [0.25, 0.3) is 11.1 Å². The van der Waals surface area contributed by atoms with Crippen LogP contribution in [-0.2, 0) is 0 Å². The van der Waals surface area contributed by atoms with Crippen LogP contribution in [-0.4, -0.2) is 21.6 Å². The molecular formula is C18H16ClN3O. The Hall–Kier alpha value is -2.43. The quantitative estimate of drug-likeness (QED) is 0.746. The molecule has 0 saturated heterocycles. The van der Waals surface area contributed by atoms with Crippen LogP contribution in [0.5, 0.6) is 0 Å². The van der Waals surface area contributed by atoms with Crippen LogP contribution in [0.3, 0.4) is 0 Å². The van der Waals surface area contributed by atoms with E-state index in [-0.39, 0.29) is 0 Å². The van der Waals surface area contributed by atoms with E-state index in [1.54, 1.807) is 6.20 Å². The molecule has 3 aromatic rings. The van der Waals surface area contributed by atoms with E-state index in [0.717, 1.165) is 16.7 Å². The number of aliphatic hydroxyl groups excluding tert-OH is 1. The number of nitrogens with one attached hydrogen (secondary N) is 1. The number of nitrogens with zero attached hydrogens (tertiary/aromatic N) is 2. The van der Waals surface area contributed by atoms with E-state index in [0.29, 0.717) is 17.5 Å². The van der Waals surface area contributed by atoms with Crippen molar-refractivity contribution in [3.63, 3.8) is 0 Å². The smallest absolute Gasteiger partial charge is 0.149 e. The lowest BCUT2D eigenvalue weighted by molar-refractivity contribution is 0.191. The van der Waals surface area contributed by atoms with Gasteiger partial charge < -0.3 is 10.4 Å². The molecule has 0 aliphatic heterocycles. The van der Waals surface area contributed by atoms with Crippen LogP contribution in [0.1, 0.15) is 11.7 Å². The van der Waals surface area contributed by atoms with Crippen LogP contribution < -0.4 is 5.32 Å². The zero-order valence-corrected chi connectivity index (χ0v) is 13.1. The molecule has 0 bridgehead atoms. The van der Waals surface area contributed by atoms with E-state index >= 15 is 0 Å². The van der Waals surface area contributed by atoms with Crippen molar-refractivity contribution in [1.29, 1.82) is 0 Å². The van der Waals surface area contributed by atoms with Crippen LogP contribution in [0.15, 0.2) is 67.0 Å². The van der Waals surface area contributed by atoms with E-state index in [1.807, 2.05) is 42.5 Å². The highest BCUT2D eigenvalue weighted by Crippen LogP contribution is 2.22. The van der Waals surface area contributed by atoms with Gasteiger partial charge in [0.15, 0.2) is 0 Å². The summed E-state index contributed by atoms with van der Waals surface area (Å²) in [4.78, 5) is 8.01. The third-order valence-corrected chi connectivity index (χ3v) is 3.67. The van der Waals surface area contributed by atoms with Gasteiger partial charge in [-0.25, -0.2) is 4.98 Å². The molecule has 1 unspecified atom stereocenters. The van der Waals surface area contributed by atoms with Crippen LogP contribution in [0.4, 0.5) is 5.82 Å². The first kappa shape index (κ1) is 15.5. The number of rotatable bonds is 5. The van der Waals surface area contributed by atoms with Crippen molar-refractivity contribution < 1.29 is 5.11 Å².